The van der Waals surface area contributed by atoms with Gasteiger partial charge in [-0.15, -0.1) is 0 Å². The molecule has 1 fully saturated rings. The molecule has 0 aromatic carbocycles. The normalized spacial score (nSPS) is 20.5. The maximum atomic E-state index is 12.7. The van der Waals surface area contributed by atoms with Crippen LogP contribution in [0.4, 0.5) is 18.0 Å². The van der Waals surface area contributed by atoms with E-state index in [9.17, 15) is 22.8 Å². The maximum absolute atomic E-state index is 12.7. The molecule has 1 unspecified atom stereocenters. The number of urea groups is 1. The van der Waals surface area contributed by atoms with Crippen LogP contribution >= 0.6 is 0 Å². The molecule has 3 heterocycles. The number of nitrogens with one attached hydrogen (secondary N) is 2. The summed E-state index contributed by atoms with van der Waals surface area (Å²) >= 11 is 0. The number of halogens is 3. The molecule has 9 nitrogen and oxygen atoms in total. The molecule has 0 spiro atoms. The lowest BCUT2D eigenvalue weighted by atomic mass is 9.99. The molecule has 0 bridgehead atoms. The lowest BCUT2D eigenvalue weighted by Gasteiger charge is -2.36. The maximum Gasteiger partial charge on any atom is 0.411 e. The Balaban J connectivity index is 1.57. The summed E-state index contributed by atoms with van der Waals surface area (Å²) in [6.45, 7) is 4.52. The van der Waals surface area contributed by atoms with Crippen LogP contribution < -0.4 is 10.6 Å². The molecule has 1 aromatic rings. The first-order chi connectivity index (χ1) is 15.8. The average Bonchev–Trinajstić information content (AvgIpc) is 3.28. The van der Waals surface area contributed by atoms with Crippen LogP contribution in [0.3, 0.4) is 0 Å². The predicted octanol–water partition coefficient (Wildman–Crippen LogP) is 2.04. The fourth-order valence-corrected chi connectivity index (χ4v) is 3.83. The number of ether oxygens (including phenoxy) is 2. The lowest BCUT2D eigenvalue weighted by molar-refractivity contribution is -0.174. The molecule has 3 rings (SSSR count). The highest BCUT2D eigenvalue weighted by atomic mass is 19.4. The van der Waals surface area contributed by atoms with Crippen LogP contribution in [0.2, 0.25) is 0 Å². The Hall–Kier alpha value is -2.57. The highest BCUT2D eigenvalue weighted by Crippen LogP contribution is 2.28. The zero-order valence-corrected chi connectivity index (χ0v) is 18.5. The van der Waals surface area contributed by atoms with Gasteiger partial charge in [0.2, 0.25) is 0 Å². The predicted molar refractivity (Wildman–Crippen MR) is 111 cm³/mol. The van der Waals surface area contributed by atoms with Crippen LogP contribution in [-0.2, 0) is 14.3 Å². The first-order valence-electron chi connectivity index (χ1n) is 10.9. The van der Waals surface area contributed by atoms with Gasteiger partial charge < -0.3 is 29.4 Å². The molecule has 0 aliphatic carbocycles. The summed E-state index contributed by atoms with van der Waals surface area (Å²) in [6, 6.07) is 2.18. The fraction of sp³-hybridized carbons (Fsp3) is 0.619. The van der Waals surface area contributed by atoms with E-state index in [0.29, 0.717) is 49.6 Å². The smallest absolute Gasteiger partial charge is 0.411 e. The Morgan fingerprint density at radius 2 is 1.97 bits per heavy atom. The summed E-state index contributed by atoms with van der Waals surface area (Å²) < 4.78 is 51.6. The number of rotatable bonds is 10. The minimum absolute atomic E-state index is 0.0582. The van der Waals surface area contributed by atoms with Crippen molar-refractivity contribution < 1.29 is 36.7 Å². The highest BCUT2D eigenvalue weighted by molar-refractivity contribution is 5.95. The SMILES string of the molecule is CCOC(=O)C1=C(CN2CCN(CCCOCC(F)(F)F)CC2)NC(=O)NC1c1ccco1. The zero-order chi connectivity index (χ0) is 23.8. The van der Waals surface area contributed by atoms with Crippen LogP contribution in [-0.4, -0.2) is 87.1 Å². The number of alkyl halides is 3. The van der Waals surface area contributed by atoms with Crippen molar-refractivity contribution in [2.24, 2.45) is 0 Å². The summed E-state index contributed by atoms with van der Waals surface area (Å²) in [5.74, 6) is -0.0955. The van der Waals surface area contributed by atoms with Crippen molar-refractivity contribution in [2.45, 2.75) is 25.6 Å². The largest absolute Gasteiger partial charge is 0.467 e. The van der Waals surface area contributed by atoms with E-state index in [4.69, 9.17) is 9.15 Å². The number of carbonyl (C=O) groups excluding carboxylic acids is 2. The quantitative estimate of drug-likeness (QED) is 0.396. The Bertz CT molecular complexity index is 820. The number of esters is 1. The van der Waals surface area contributed by atoms with Crippen LogP contribution in [0.5, 0.6) is 0 Å². The Morgan fingerprint density at radius 3 is 2.61 bits per heavy atom. The molecule has 2 N–H and O–H groups in total. The van der Waals surface area contributed by atoms with Gasteiger partial charge in [0.1, 0.15) is 18.4 Å². The molecule has 2 aliphatic rings. The molecule has 0 saturated carbocycles. The number of piperazine rings is 1. The van der Waals surface area contributed by atoms with Crippen LogP contribution in [0.15, 0.2) is 34.1 Å². The third-order valence-electron chi connectivity index (χ3n) is 5.35. The average molecular weight is 474 g/mol. The molecule has 1 aromatic heterocycles. The van der Waals surface area contributed by atoms with Gasteiger partial charge in [0, 0.05) is 51.6 Å². The van der Waals surface area contributed by atoms with Gasteiger partial charge >= 0.3 is 18.2 Å². The Kier molecular flexibility index (Phi) is 8.75. The number of carbonyl (C=O) groups is 2. The van der Waals surface area contributed by atoms with E-state index in [-0.39, 0.29) is 13.2 Å². The monoisotopic (exact) mass is 474 g/mol. The van der Waals surface area contributed by atoms with Crippen molar-refractivity contribution in [2.75, 3.05) is 59.1 Å². The molecular formula is C21H29F3N4O5. The van der Waals surface area contributed by atoms with Crippen molar-refractivity contribution in [3.63, 3.8) is 0 Å². The van der Waals surface area contributed by atoms with E-state index in [2.05, 4.69) is 25.2 Å². The van der Waals surface area contributed by atoms with Crippen molar-refractivity contribution in [3.8, 4) is 0 Å². The van der Waals surface area contributed by atoms with E-state index >= 15 is 0 Å². The van der Waals surface area contributed by atoms with Gasteiger partial charge in [0.25, 0.3) is 0 Å². The van der Waals surface area contributed by atoms with Crippen molar-refractivity contribution in [1.82, 2.24) is 20.4 Å². The minimum Gasteiger partial charge on any atom is -0.467 e. The Labute approximate surface area is 189 Å². The molecule has 1 atom stereocenters. The van der Waals surface area contributed by atoms with E-state index in [1.807, 2.05) is 0 Å². The van der Waals surface area contributed by atoms with E-state index in [1.54, 1.807) is 19.1 Å². The number of nitrogens with zero attached hydrogens (tertiary/aromatic N) is 2. The van der Waals surface area contributed by atoms with E-state index in [1.165, 1.54) is 6.26 Å². The third-order valence-corrected chi connectivity index (χ3v) is 5.35. The second-order valence-corrected chi connectivity index (χ2v) is 7.80. The summed E-state index contributed by atoms with van der Waals surface area (Å²) in [7, 11) is 0. The Morgan fingerprint density at radius 1 is 1.24 bits per heavy atom. The highest BCUT2D eigenvalue weighted by Gasteiger charge is 2.36. The summed E-state index contributed by atoms with van der Waals surface area (Å²) in [4.78, 5) is 29.3. The minimum atomic E-state index is -4.30. The van der Waals surface area contributed by atoms with Crippen molar-refractivity contribution in [3.05, 3.63) is 35.4 Å². The topological polar surface area (TPSA) is 96.3 Å². The van der Waals surface area contributed by atoms with E-state index in [0.717, 1.165) is 13.1 Å². The van der Waals surface area contributed by atoms with Gasteiger partial charge in [-0.2, -0.15) is 13.2 Å². The number of furan rings is 1. The molecule has 2 aliphatic heterocycles. The molecule has 33 heavy (non-hydrogen) atoms. The summed E-state index contributed by atoms with van der Waals surface area (Å²) in [5, 5.41) is 5.45. The summed E-state index contributed by atoms with van der Waals surface area (Å²) in [6.07, 6.45) is -2.32. The number of hydrogen-bond donors (Lipinski definition) is 2. The molecule has 12 heteroatoms. The van der Waals surface area contributed by atoms with Crippen molar-refractivity contribution >= 4 is 12.0 Å². The second kappa shape index (κ2) is 11.5. The standard InChI is InChI=1S/C21H29F3N4O5/c1-2-32-19(29)17-15(25-20(30)26-18(17)16-5-3-12-33-16)13-28-9-7-27(8-10-28)6-4-11-31-14-21(22,23)24/h3,5,12,18H,2,4,6-11,13-14H2,1H3,(H2,25,26,30). The van der Waals surface area contributed by atoms with Crippen LogP contribution in [0.25, 0.3) is 0 Å². The van der Waals surface area contributed by atoms with Crippen molar-refractivity contribution in [1.29, 1.82) is 0 Å². The molecule has 1 saturated heterocycles. The molecular weight excluding hydrogens is 445 g/mol. The van der Waals surface area contributed by atoms with Gasteiger partial charge in [-0.3, -0.25) is 4.90 Å². The van der Waals surface area contributed by atoms with Gasteiger partial charge in [0.05, 0.1) is 18.4 Å². The lowest BCUT2D eigenvalue weighted by Crippen LogP contribution is -2.51. The van der Waals surface area contributed by atoms with Gasteiger partial charge in [-0.25, -0.2) is 9.59 Å². The first kappa shape index (κ1) is 25.1. The molecule has 0 radical (unpaired) electrons. The zero-order valence-electron chi connectivity index (χ0n) is 18.5. The first-order valence-corrected chi connectivity index (χ1v) is 10.9. The summed E-state index contributed by atoms with van der Waals surface area (Å²) in [5.41, 5.74) is 0.767. The third kappa shape index (κ3) is 7.47. The number of amides is 2. The van der Waals surface area contributed by atoms with Gasteiger partial charge in [-0.1, -0.05) is 0 Å². The second-order valence-electron chi connectivity index (χ2n) is 7.80. The van der Waals surface area contributed by atoms with Crippen LogP contribution in [0, 0.1) is 0 Å². The molecule has 184 valence electrons. The van der Waals surface area contributed by atoms with E-state index < -0.39 is 30.8 Å². The van der Waals surface area contributed by atoms with Gasteiger partial charge in [-0.05, 0) is 25.5 Å². The molecule has 2 amide bonds. The van der Waals surface area contributed by atoms with Crippen LogP contribution in [0.1, 0.15) is 25.1 Å². The number of hydrogen-bond acceptors (Lipinski definition) is 7. The fourth-order valence-electron chi connectivity index (χ4n) is 3.83. The van der Waals surface area contributed by atoms with Gasteiger partial charge in [0.15, 0.2) is 0 Å².